The average Bonchev–Trinajstić information content (AvgIpc) is 3.22. The van der Waals surface area contributed by atoms with Crippen molar-refractivity contribution in [1.82, 2.24) is 39.7 Å². The minimum atomic E-state index is 0.419. The Morgan fingerprint density at radius 2 is 1.80 bits per heavy atom. The molecule has 0 spiro atoms. The number of nitrogens with zero attached hydrogens (tertiary/aromatic N) is 8. The van der Waals surface area contributed by atoms with Crippen molar-refractivity contribution in [2.75, 3.05) is 5.32 Å². The maximum atomic E-state index is 4.62. The molecule has 0 radical (unpaired) electrons. The standard InChI is InChI=1S/C21H17N9/c1-13-6-3-4-8-16(13)24-20-23-11-9-17(25-20)18-14(2)30-21(28-27-18)26-19(29-30)15-7-5-10-22-12-15/h3-12H,1-2H3,(H,23,24,25). The largest absolute Gasteiger partial charge is 0.324 e. The number of aryl methyl sites for hydroxylation is 2. The van der Waals surface area contributed by atoms with Crippen molar-refractivity contribution in [2.45, 2.75) is 13.8 Å². The molecule has 4 aromatic heterocycles. The third-order valence-electron chi connectivity index (χ3n) is 4.70. The van der Waals surface area contributed by atoms with Gasteiger partial charge >= 0.3 is 0 Å². The molecular weight excluding hydrogens is 378 g/mol. The van der Waals surface area contributed by atoms with Gasteiger partial charge in [-0.05, 0) is 43.7 Å². The van der Waals surface area contributed by atoms with Crippen molar-refractivity contribution in [1.29, 1.82) is 0 Å². The minimum Gasteiger partial charge on any atom is -0.324 e. The molecule has 0 saturated carbocycles. The monoisotopic (exact) mass is 395 g/mol. The third kappa shape index (κ3) is 3.22. The van der Waals surface area contributed by atoms with E-state index in [0.717, 1.165) is 22.5 Å². The van der Waals surface area contributed by atoms with Gasteiger partial charge in [0.05, 0.1) is 11.4 Å². The summed E-state index contributed by atoms with van der Waals surface area (Å²) in [5, 5.41) is 16.4. The number of hydrogen-bond donors (Lipinski definition) is 1. The molecule has 0 fully saturated rings. The Hall–Kier alpha value is -4.27. The molecule has 1 aromatic carbocycles. The molecule has 0 aliphatic heterocycles. The molecule has 0 saturated heterocycles. The Labute approximate surface area is 171 Å². The Balaban J connectivity index is 1.53. The second kappa shape index (κ2) is 7.28. The Bertz CT molecular complexity index is 1350. The van der Waals surface area contributed by atoms with E-state index in [1.807, 2.05) is 50.2 Å². The molecule has 4 heterocycles. The van der Waals surface area contributed by atoms with Gasteiger partial charge in [0.25, 0.3) is 5.78 Å². The number of aromatic nitrogens is 8. The van der Waals surface area contributed by atoms with Crippen LogP contribution in [0.1, 0.15) is 11.3 Å². The van der Waals surface area contributed by atoms with Crippen LogP contribution in [0.2, 0.25) is 0 Å². The predicted octanol–water partition coefficient (Wildman–Crippen LogP) is 3.40. The molecule has 0 aliphatic rings. The van der Waals surface area contributed by atoms with Crippen LogP contribution in [0.4, 0.5) is 11.6 Å². The number of benzene rings is 1. The van der Waals surface area contributed by atoms with Gasteiger partial charge in [0.2, 0.25) is 5.95 Å². The normalized spacial score (nSPS) is 11.0. The zero-order chi connectivity index (χ0) is 20.5. The smallest absolute Gasteiger partial charge is 0.272 e. The van der Waals surface area contributed by atoms with Crippen LogP contribution in [0.25, 0.3) is 28.6 Å². The molecule has 9 nitrogen and oxygen atoms in total. The van der Waals surface area contributed by atoms with Gasteiger partial charge in [-0.1, -0.05) is 18.2 Å². The average molecular weight is 395 g/mol. The summed E-state index contributed by atoms with van der Waals surface area (Å²) in [4.78, 5) is 17.5. The molecule has 1 N–H and O–H groups in total. The van der Waals surface area contributed by atoms with Gasteiger partial charge in [-0.15, -0.1) is 15.3 Å². The summed E-state index contributed by atoms with van der Waals surface area (Å²) in [6.45, 7) is 3.94. The first-order valence-electron chi connectivity index (χ1n) is 9.35. The molecule has 0 bridgehead atoms. The quantitative estimate of drug-likeness (QED) is 0.493. The molecule has 0 atom stereocenters. The Morgan fingerprint density at radius 1 is 0.900 bits per heavy atom. The lowest BCUT2D eigenvalue weighted by Crippen LogP contribution is -2.05. The first-order chi connectivity index (χ1) is 14.7. The van der Waals surface area contributed by atoms with Crippen molar-refractivity contribution in [3.8, 4) is 22.8 Å². The van der Waals surface area contributed by atoms with E-state index >= 15 is 0 Å². The van der Waals surface area contributed by atoms with E-state index in [2.05, 4.69) is 40.5 Å². The van der Waals surface area contributed by atoms with Crippen LogP contribution in [0, 0.1) is 13.8 Å². The fraction of sp³-hybridized carbons (Fsp3) is 0.0952. The zero-order valence-electron chi connectivity index (χ0n) is 16.4. The second-order valence-electron chi connectivity index (χ2n) is 6.73. The van der Waals surface area contributed by atoms with Crippen LogP contribution in [-0.4, -0.2) is 39.7 Å². The Kier molecular flexibility index (Phi) is 4.32. The number of pyridine rings is 1. The summed E-state index contributed by atoms with van der Waals surface area (Å²) in [7, 11) is 0. The summed E-state index contributed by atoms with van der Waals surface area (Å²) in [6, 6.07) is 13.5. The summed E-state index contributed by atoms with van der Waals surface area (Å²) in [6.07, 6.45) is 5.11. The van der Waals surface area contributed by atoms with E-state index in [1.165, 1.54) is 0 Å². The second-order valence-corrected chi connectivity index (χ2v) is 6.73. The van der Waals surface area contributed by atoms with E-state index in [0.29, 0.717) is 28.9 Å². The van der Waals surface area contributed by atoms with E-state index in [-0.39, 0.29) is 0 Å². The fourth-order valence-electron chi connectivity index (χ4n) is 3.10. The van der Waals surface area contributed by atoms with Crippen molar-refractivity contribution in [2.24, 2.45) is 0 Å². The highest BCUT2D eigenvalue weighted by Crippen LogP contribution is 2.23. The SMILES string of the molecule is Cc1ccccc1Nc1nccc(-c2nnc3nc(-c4cccnc4)nn3c2C)n1. The number of nitrogens with one attached hydrogen (secondary N) is 1. The highest BCUT2D eigenvalue weighted by molar-refractivity contribution is 5.63. The molecule has 9 heteroatoms. The van der Waals surface area contributed by atoms with Gasteiger partial charge in [-0.3, -0.25) is 4.98 Å². The molecule has 146 valence electrons. The van der Waals surface area contributed by atoms with Gasteiger partial charge in [-0.2, -0.15) is 9.50 Å². The van der Waals surface area contributed by atoms with Gasteiger partial charge in [0.15, 0.2) is 5.82 Å². The van der Waals surface area contributed by atoms with Crippen LogP contribution >= 0.6 is 0 Å². The van der Waals surface area contributed by atoms with Crippen LogP contribution in [0.5, 0.6) is 0 Å². The number of rotatable bonds is 4. The lowest BCUT2D eigenvalue weighted by atomic mass is 10.2. The van der Waals surface area contributed by atoms with E-state index in [4.69, 9.17) is 0 Å². The van der Waals surface area contributed by atoms with E-state index < -0.39 is 0 Å². The van der Waals surface area contributed by atoms with Crippen molar-refractivity contribution >= 4 is 17.4 Å². The molecule has 0 aliphatic carbocycles. The maximum absolute atomic E-state index is 4.62. The van der Waals surface area contributed by atoms with Crippen molar-refractivity contribution in [3.05, 3.63) is 72.3 Å². The number of anilines is 2. The van der Waals surface area contributed by atoms with E-state index in [9.17, 15) is 0 Å². The summed E-state index contributed by atoms with van der Waals surface area (Å²) in [5.74, 6) is 1.45. The van der Waals surface area contributed by atoms with Crippen molar-refractivity contribution in [3.63, 3.8) is 0 Å². The predicted molar refractivity (Wildman–Crippen MR) is 112 cm³/mol. The topological polar surface area (TPSA) is 107 Å². The lowest BCUT2D eigenvalue weighted by Gasteiger charge is -2.09. The number of hydrogen-bond acceptors (Lipinski definition) is 8. The third-order valence-corrected chi connectivity index (χ3v) is 4.70. The fourth-order valence-corrected chi connectivity index (χ4v) is 3.10. The van der Waals surface area contributed by atoms with Crippen LogP contribution < -0.4 is 5.32 Å². The summed E-state index contributed by atoms with van der Waals surface area (Å²) in [5.41, 5.74) is 4.91. The highest BCUT2D eigenvalue weighted by Gasteiger charge is 2.15. The lowest BCUT2D eigenvalue weighted by molar-refractivity contribution is 0.851. The minimum absolute atomic E-state index is 0.419. The molecule has 5 aromatic rings. The van der Waals surface area contributed by atoms with Crippen molar-refractivity contribution < 1.29 is 0 Å². The molecule has 0 unspecified atom stereocenters. The summed E-state index contributed by atoms with van der Waals surface area (Å²) < 4.78 is 1.67. The number of fused-ring (bicyclic) bond motifs is 1. The van der Waals surface area contributed by atoms with Crippen LogP contribution in [0.15, 0.2) is 61.1 Å². The zero-order valence-corrected chi connectivity index (χ0v) is 16.4. The first-order valence-corrected chi connectivity index (χ1v) is 9.35. The molecule has 0 amide bonds. The van der Waals surface area contributed by atoms with Gasteiger partial charge in [-0.25, -0.2) is 9.97 Å². The van der Waals surface area contributed by atoms with Gasteiger partial charge < -0.3 is 5.32 Å². The molecular formula is C21H17N9. The molecule has 5 rings (SSSR count). The van der Waals surface area contributed by atoms with Crippen LogP contribution in [0.3, 0.4) is 0 Å². The van der Waals surface area contributed by atoms with Gasteiger partial charge in [0.1, 0.15) is 5.69 Å². The highest BCUT2D eigenvalue weighted by atomic mass is 15.4. The first kappa shape index (κ1) is 17.8. The molecule has 30 heavy (non-hydrogen) atoms. The Morgan fingerprint density at radius 3 is 2.63 bits per heavy atom. The van der Waals surface area contributed by atoms with Crippen LogP contribution in [-0.2, 0) is 0 Å². The maximum Gasteiger partial charge on any atom is 0.272 e. The number of para-hydroxylation sites is 1. The summed E-state index contributed by atoms with van der Waals surface area (Å²) >= 11 is 0. The van der Waals surface area contributed by atoms with E-state index in [1.54, 1.807) is 29.2 Å². The van der Waals surface area contributed by atoms with Gasteiger partial charge in [0, 0.05) is 29.8 Å².